The van der Waals surface area contributed by atoms with Gasteiger partial charge in [-0.25, -0.2) is 0 Å². The summed E-state index contributed by atoms with van der Waals surface area (Å²) in [5.41, 5.74) is 0.854. The van der Waals surface area contributed by atoms with Crippen LogP contribution < -0.4 is 5.32 Å². The van der Waals surface area contributed by atoms with Crippen LogP contribution in [0.5, 0.6) is 5.75 Å². The number of anilines is 1. The fourth-order valence-electron chi connectivity index (χ4n) is 1.97. The lowest BCUT2D eigenvalue weighted by atomic mass is 10.1. The molecule has 3 nitrogen and oxygen atoms in total. The Labute approximate surface area is 90.7 Å². The lowest BCUT2D eigenvalue weighted by Gasteiger charge is -2.30. The molecule has 0 atom stereocenters. The molecule has 0 spiro atoms. The van der Waals surface area contributed by atoms with Crippen molar-refractivity contribution in [2.45, 2.75) is 18.9 Å². The highest BCUT2D eigenvalue weighted by molar-refractivity contribution is 5.55. The molecule has 1 aromatic rings. The van der Waals surface area contributed by atoms with Gasteiger partial charge >= 0.3 is 0 Å². The van der Waals surface area contributed by atoms with E-state index in [4.69, 9.17) is 0 Å². The molecule has 0 saturated carbocycles. The zero-order valence-corrected chi connectivity index (χ0v) is 9.11. The zero-order chi connectivity index (χ0) is 10.7. The summed E-state index contributed by atoms with van der Waals surface area (Å²) in [5.74, 6) is 0.344. The molecule has 15 heavy (non-hydrogen) atoms. The monoisotopic (exact) mass is 206 g/mol. The molecule has 1 aromatic carbocycles. The number of phenolic OH excluding ortho intramolecular Hbond substituents is 1. The zero-order valence-electron chi connectivity index (χ0n) is 9.11. The first-order valence-electron chi connectivity index (χ1n) is 5.49. The summed E-state index contributed by atoms with van der Waals surface area (Å²) in [6.07, 6.45) is 2.29. The van der Waals surface area contributed by atoms with Crippen molar-refractivity contribution in [3.63, 3.8) is 0 Å². The molecule has 3 heteroatoms. The number of benzene rings is 1. The van der Waals surface area contributed by atoms with Gasteiger partial charge < -0.3 is 15.3 Å². The summed E-state index contributed by atoms with van der Waals surface area (Å²) >= 11 is 0. The largest absolute Gasteiger partial charge is 0.506 e. The maximum atomic E-state index is 9.62. The van der Waals surface area contributed by atoms with Gasteiger partial charge in [-0.3, -0.25) is 0 Å². The quantitative estimate of drug-likeness (QED) is 0.725. The van der Waals surface area contributed by atoms with Gasteiger partial charge in [0.1, 0.15) is 5.75 Å². The summed E-state index contributed by atoms with van der Waals surface area (Å²) in [7, 11) is 2.15. The maximum Gasteiger partial charge on any atom is 0.138 e. The van der Waals surface area contributed by atoms with Crippen LogP contribution >= 0.6 is 0 Å². The number of piperidine rings is 1. The summed E-state index contributed by atoms with van der Waals surface area (Å²) in [6, 6.07) is 7.92. The van der Waals surface area contributed by atoms with Gasteiger partial charge in [-0.1, -0.05) is 12.1 Å². The van der Waals surface area contributed by atoms with E-state index in [1.807, 2.05) is 18.2 Å². The molecule has 1 heterocycles. The molecule has 1 aliphatic heterocycles. The van der Waals surface area contributed by atoms with Gasteiger partial charge in [-0.05, 0) is 45.1 Å². The second-order valence-electron chi connectivity index (χ2n) is 4.24. The minimum atomic E-state index is 0.344. The van der Waals surface area contributed by atoms with Crippen molar-refractivity contribution >= 4 is 5.69 Å². The Balaban J connectivity index is 1.95. The third kappa shape index (κ3) is 2.63. The molecule has 1 fully saturated rings. The van der Waals surface area contributed by atoms with Gasteiger partial charge in [0.15, 0.2) is 0 Å². The van der Waals surface area contributed by atoms with E-state index < -0.39 is 0 Å². The number of aromatic hydroxyl groups is 1. The van der Waals surface area contributed by atoms with Crippen molar-refractivity contribution in [3.05, 3.63) is 24.3 Å². The van der Waals surface area contributed by atoms with Gasteiger partial charge in [0, 0.05) is 6.04 Å². The molecule has 1 saturated heterocycles. The summed E-state index contributed by atoms with van der Waals surface area (Å²) in [4.78, 5) is 2.34. The van der Waals surface area contributed by atoms with Crippen LogP contribution in [0.1, 0.15) is 12.8 Å². The van der Waals surface area contributed by atoms with Crippen molar-refractivity contribution in [1.82, 2.24) is 4.90 Å². The standard InChI is InChI=1S/C12H18N2O/c1-14-8-6-10(7-9-14)13-11-4-2-3-5-12(11)15/h2-5,10,13,15H,6-9H2,1H3. The van der Waals surface area contributed by atoms with Crippen LogP contribution in [-0.2, 0) is 0 Å². The SMILES string of the molecule is CN1CCC(Nc2ccccc2O)CC1. The fourth-order valence-corrected chi connectivity index (χ4v) is 1.97. The highest BCUT2D eigenvalue weighted by Gasteiger charge is 2.16. The fraction of sp³-hybridized carbons (Fsp3) is 0.500. The number of hydrogen-bond acceptors (Lipinski definition) is 3. The smallest absolute Gasteiger partial charge is 0.138 e. The highest BCUT2D eigenvalue weighted by Crippen LogP contribution is 2.24. The van der Waals surface area contributed by atoms with Gasteiger partial charge in [0.2, 0.25) is 0 Å². The first kappa shape index (κ1) is 10.3. The molecule has 82 valence electrons. The van der Waals surface area contributed by atoms with Crippen LogP contribution in [0.2, 0.25) is 0 Å². The van der Waals surface area contributed by atoms with Crippen LogP contribution in [-0.4, -0.2) is 36.2 Å². The predicted molar refractivity (Wildman–Crippen MR) is 62.2 cm³/mol. The molecule has 0 radical (unpaired) electrons. The molecule has 0 aliphatic carbocycles. The molecular weight excluding hydrogens is 188 g/mol. The second kappa shape index (κ2) is 4.53. The van der Waals surface area contributed by atoms with Crippen LogP contribution in [0, 0.1) is 0 Å². The van der Waals surface area contributed by atoms with Crippen molar-refractivity contribution < 1.29 is 5.11 Å². The van der Waals surface area contributed by atoms with Crippen LogP contribution in [0.15, 0.2) is 24.3 Å². The van der Waals surface area contributed by atoms with E-state index in [9.17, 15) is 5.11 Å². The molecular formula is C12H18N2O. The van der Waals surface area contributed by atoms with Gasteiger partial charge in [0.25, 0.3) is 0 Å². The number of phenols is 1. The lowest BCUT2D eigenvalue weighted by molar-refractivity contribution is 0.263. The molecule has 0 bridgehead atoms. The Morgan fingerprint density at radius 1 is 1.27 bits per heavy atom. The minimum Gasteiger partial charge on any atom is -0.506 e. The predicted octanol–water partition coefficient (Wildman–Crippen LogP) is 1.90. The normalized spacial score (nSPS) is 19.0. The van der Waals surface area contributed by atoms with Crippen LogP contribution in [0.3, 0.4) is 0 Å². The summed E-state index contributed by atoms with van der Waals surface area (Å²) in [6.45, 7) is 2.26. The van der Waals surface area contributed by atoms with E-state index in [-0.39, 0.29) is 0 Å². The van der Waals surface area contributed by atoms with Crippen molar-refractivity contribution in [1.29, 1.82) is 0 Å². The van der Waals surface area contributed by atoms with Gasteiger partial charge in [-0.15, -0.1) is 0 Å². The Morgan fingerprint density at radius 3 is 2.60 bits per heavy atom. The van der Waals surface area contributed by atoms with Crippen molar-refractivity contribution in [3.8, 4) is 5.75 Å². The third-order valence-electron chi connectivity index (χ3n) is 2.98. The first-order valence-corrected chi connectivity index (χ1v) is 5.49. The Morgan fingerprint density at radius 2 is 1.93 bits per heavy atom. The maximum absolute atomic E-state index is 9.62. The molecule has 1 aliphatic rings. The minimum absolute atomic E-state index is 0.344. The van der Waals surface area contributed by atoms with E-state index in [0.29, 0.717) is 11.8 Å². The Kier molecular flexibility index (Phi) is 3.11. The van der Waals surface area contributed by atoms with E-state index in [2.05, 4.69) is 17.3 Å². The summed E-state index contributed by atoms with van der Waals surface area (Å²) < 4.78 is 0. The molecule has 0 amide bonds. The molecule has 2 N–H and O–H groups in total. The van der Waals surface area contributed by atoms with E-state index in [1.54, 1.807) is 6.07 Å². The Bertz CT molecular complexity index is 319. The molecule has 0 unspecified atom stereocenters. The third-order valence-corrected chi connectivity index (χ3v) is 2.98. The first-order chi connectivity index (χ1) is 7.25. The average Bonchev–Trinajstić information content (AvgIpc) is 2.25. The lowest BCUT2D eigenvalue weighted by Crippen LogP contribution is -2.36. The van der Waals surface area contributed by atoms with E-state index >= 15 is 0 Å². The summed E-state index contributed by atoms with van der Waals surface area (Å²) in [5, 5.41) is 13.0. The van der Waals surface area contributed by atoms with Gasteiger partial charge in [-0.2, -0.15) is 0 Å². The Hall–Kier alpha value is -1.22. The highest BCUT2D eigenvalue weighted by atomic mass is 16.3. The number of nitrogens with one attached hydrogen (secondary N) is 1. The molecule has 0 aromatic heterocycles. The van der Waals surface area contributed by atoms with Crippen LogP contribution in [0.4, 0.5) is 5.69 Å². The number of hydrogen-bond donors (Lipinski definition) is 2. The molecule has 2 rings (SSSR count). The number of rotatable bonds is 2. The average molecular weight is 206 g/mol. The number of nitrogens with zero attached hydrogens (tertiary/aromatic N) is 1. The van der Waals surface area contributed by atoms with E-state index in [1.165, 1.54) is 0 Å². The number of likely N-dealkylation sites (tertiary alicyclic amines) is 1. The second-order valence-corrected chi connectivity index (χ2v) is 4.24. The van der Waals surface area contributed by atoms with Gasteiger partial charge in [0.05, 0.1) is 5.69 Å². The van der Waals surface area contributed by atoms with Crippen molar-refractivity contribution in [2.75, 3.05) is 25.5 Å². The van der Waals surface area contributed by atoms with Crippen molar-refractivity contribution in [2.24, 2.45) is 0 Å². The number of para-hydroxylation sites is 2. The van der Waals surface area contributed by atoms with E-state index in [0.717, 1.165) is 31.6 Å². The topological polar surface area (TPSA) is 35.5 Å². The van der Waals surface area contributed by atoms with Crippen LogP contribution in [0.25, 0.3) is 0 Å².